The summed E-state index contributed by atoms with van der Waals surface area (Å²) in [5.74, 6) is 1.00. The van der Waals surface area contributed by atoms with Crippen LogP contribution in [-0.4, -0.2) is 27.4 Å². The number of hydrazine groups is 2. The number of para-hydroxylation sites is 2. The maximum atomic E-state index is 4.78. The summed E-state index contributed by atoms with van der Waals surface area (Å²) in [6, 6.07) is 31.8. The molecule has 0 amide bonds. The van der Waals surface area contributed by atoms with Crippen LogP contribution in [0.3, 0.4) is 0 Å². The molecular formula is C33H24Br2N10. The largest absolute Gasteiger partial charge is 0.305 e. The Morgan fingerprint density at radius 2 is 1.02 bits per heavy atom. The van der Waals surface area contributed by atoms with Gasteiger partial charge in [0.05, 0.1) is 11.4 Å². The van der Waals surface area contributed by atoms with Crippen molar-refractivity contribution in [3.8, 4) is 0 Å². The molecule has 4 N–H and O–H groups in total. The lowest BCUT2D eigenvalue weighted by atomic mass is 10.1. The zero-order valence-corrected chi connectivity index (χ0v) is 26.7. The van der Waals surface area contributed by atoms with Gasteiger partial charge in [-0.1, -0.05) is 68.3 Å². The molecule has 0 radical (unpaired) electrons. The van der Waals surface area contributed by atoms with Gasteiger partial charge >= 0.3 is 0 Å². The fourth-order valence-electron chi connectivity index (χ4n) is 4.82. The van der Waals surface area contributed by atoms with Crippen molar-refractivity contribution in [1.29, 1.82) is 0 Å². The first-order chi connectivity index (χ1) is 22.1. The van der Waals surface area contributed by atoms with Crippen molar-refractivity contribution in [2.24, 2.45) is 9.98 Å². The average molecular weight is 720 g/mol. The molecule has 45 heavy (non-hydrogen) atoms. The minimum Gasteiger partial charge on any atom is -0.305 e. The van der Waals surface area contributed by atoms with E-state index in [4.69, 9.17) is 9.97 Å². The number of rotatable bonds is 9. The Morgan fingerprint density at radius 1 is 0.556 bits per heavy atom. The first-order valence-electron chi connectivity index (χ1n) is 13.9. The standard InChI is InChI=1S/C33H24Br2N10/c34-23-11-13-29-27(15-23)21(17-36-29)19-38-43-31-40-32(44-39-20-22-18-37-30-14-12-24(35)16-28(22)30)42-33(41-31)45(25-7-3-1-4-8-25)26-9-5-2-6-10-26/h1-20,38-39H,(H2,40,41,42,43,44)/b21-19-,22-20+. The van der Waals surface area contributed by atoms with Gasteiger partial charge in [-0.05, 0) is 60.7 Å². The molecule has 7 rings (SSSR count). The Kier molecular flexibility index (Phi) is 8.04. The number of nitrogens with zero attached hydrogens (tertiary/aromatic N) is 6. The molecule has 4 aromatic carbocycles. The molecular weight excluding hydrogens is 696 g/mol. The number of anilines is 5. The van der Waals surface area contributed by atoms with E-state index in [0.717, 1.165) is 54.0 Å². The molecule has 0 atom stereocenters. The monoisotopic (exact) mass is 718 g/mol. The van der Waals surface area contributed by atoms with Crippen LogP contribution in [0.15, 0.2) is 128 Å². The second kappa shape index (κ2) is 12.7. The second-order valence-corrected chi connectivity index (χ2v) is 11.7. The number of benzene rings is 4. The molecule has 0 saturated heterocycles. The SMILES string of the molecule is Brc1ccc2c(c1)/C(=C/NNc1nc(NN/C=C3/C=Nc4ccc(Br)cc43)nc(N(c3ccccc3)c3ccccc3)n1)C=N2. The van der Waals surface area contributed by atoms with E-state index < -0.39 is 0 Å². The number of allylic oxidation sites excluding steroid dienone is 2. The number of fused-ring (bicyclic) bond motifs is 2. The van der Waals surface area contributed by atoms with Gasteiger partial charge in [0.15, 0.2) is 0 Å². The van der Waals surface area contributed by atoms with Crippen LogP contribution in [0.25, 0.3) is 11.1 Å². The van der Waals surface area contributed by atoms with Crippen molar-refractivity contribution >= 4 is 96.0 Å². The highest BCUT2D eigenvalue weighted by Gasteiger charge is 2.18. The lowest BCUT2D eigenvalue weighted by Gasteiger charge is -2.23. The van der Waals surface area contributed by atoms with Crippen molar-refractivity contribution < 1.29 is 0 Å². The summed E-state index contributed by atoms with van der Waals surface area (Å²) in [5.41, 5.74) is 19.9. The van der Waals surface area contributed by atoms with Crippen LogP contribution in [0.5, 0.6) is 0 Å². The van der Waals surface area contributed by atoms with Gasteiger partial charge < -0.3 is 10.9 Å². The van der Waals surface area contributed by atoms with Crippen molar-refractivity contribution in [1.82, 2.24) is 25.8 Å². The van der Waals surface area contributed by atoms with E-state index in [-0.39, 0.29) is 0 Å². The van der Waals surface area contributed by atoms with E-state index in [9.17, 15) is 0 Å². The average Bonchev–Trinajstić information content (AvgIpc) is 3.65. The number of aliphatic imine (C=N–C) groups is 2. The van der Waals surface area contributed by atoms with Gasteiger partial charge in [0.1, 0.15) is 0 Å². The molecule has 0 aliphatic carbocycles. The van der Waals surface area contributed by atoms with Crippen molar-refractivity contribution in [3.05, 3.63) is 130 Å². The third-order valence-corrected chi connectivity index (χ3v) is 7.89. The van der Waals surface area contributed by atoms with Gasteiger partial charge in [-0.15, -0.1) is 0 Å². The second-order valence-electron chi connectivity index (χ2n) is 9.87. The highest BCUT2D eigenvalue weighted by Crippen LogP contribution is 2.35. The Bertz CT molecular complexity index is 1850. The summed E-state index contributed by atoms with van der Waals surface area (Å²) in [4.78, 5) is 25.1. The number of halogens is 2. The minimum atomic E-state index is 0.298. The van der Waals surface area contributed by atoms with Gasteiger partial charge in [-0.2, -0.15) is 15.0 Å². The van der Waals surface area contributed by atoms with E-state index in [2.05, 4.69) is 68.5 Å². The first kappa shape index (κ1) is 28.4. The molecule has 220 valence electrons. The molecule has 1 aromatic heterocycles. The predicted octanol–water partition coefficient (Wildman–Crippen LogP) is 8.21. The van der Waals surface area contributed by atoms with Gasteiger partial charge in [0.25, 0.3) is 0 Å². The summed E-state index contributed by atoms with van der Waals surface area (Å²) in [6.45, 7) is 0. The van der Waals surface area contributed by atoms with Crippen molar-refractivity contribution in [2.45, 2.75) is 0 Å². The van der Waals surface area contributed by atoms with Gasteiger partial charge in [0.2, 0.25) is 17.8 Å². The fourth-order valence-corrected chi connectivity index (χ4v) is 5.54. The maximum absolute atomic E-state index is 4.78. The molecule has 5 aromatic rings. The molecule has 0 spiro atoms. The van der Waals surface area contributed by atoms with Crippen LogP contribution in [0.4, 0.5) is 40.6 Å². The number of nitrogens with one attached hydrogen (secondary N) is 4. The third-order valence-electron chi connectivity index (χ3n) is 6.90. The highest BCUT2D eigenvalue weighted by molar-refractivity contribution is 9.10. The number of hydrogen-bond acceptors (Lipinski definition) is 10. The smallest absolute Gasteiger partial charge is 0.248 e. The Labute approximate surface area is 276 Å². The highest BCUT2D eigenvalue weighted by atomic mass is 79.9. The Hall–Kier alpha value is -5.33. The zero-order chi connectivity index (χ0) is 30.6. The van der Waals surface area contributed by atoms with E-state index in [0.29, 0.717) is 17.8 Å². The van der Waals surface area contributed by atoms with Crippen LogP contribution in [0.2, 0.25) is 0 Å². The quantitative estimate of drug-likeness (QED) is 0.113. The third kappa shape index (κ3) is 6.33. The van der Waals surface area contributed by atoms with E-state index >= 15 is 0 Å². The zero-order valence-electron chi connectivity index (χ0n) is 23.5. The topological polar surface area (TPSA) is 115 Å². The van der Waals surface area contributed by atoms with Crippen LogP contribution in [0.1, 0.15) is 11.1 Å². The van der Waals surface area contributed by atoms with Gasteiger partial charge in [-0.3, -0.25) is 25.7 Å². The van der Waals surface area contributed by atoms with Crippen molar-refractivity contribution in [2.75, 3.05) is 15.8 Å². The van der Waals surface area contributed by atoms with E-state index in [1.54, 1.807) is 0 Å². The molecule has 12 heteroatoms. The van der Waals surface area contributed by atoms with Crippen LogP contribution < -0.4 is 26.6 Å². The fraction of sp³-hybridized carbons (Fsp3) is 0. The molecule has 3 heterocycles. The Balaban J connectivity index is 1.20. The van der Waals surface area contributed by atoms with Crippen LogP contribution in [-0.2, 0) is 0 Å². The minimum absolute atomic E-state index is 0.298. The molecule has 0 saturated carbocycles. The lowest BCUT2D eigenvalue weighted by molar-refractivity contribution is 0.922. The molecule has 2 aliphatic rings. The van der Waals surface area contributed by atoms with Gasteiger partial charge in [0, 0.05) is 67.4 Å². The number of hydrogen-bond donors (Lipinski definition) is 4. The summed E-state index contributed by atoms with van der Waals surface area (Å²) < 4.78 is 1.96. The summed E-state index contributed by atoms with van der Waals surface area (Å²) >= 11 is 7.08. The first-order valence-corrected chi connectivity index (χ1v) is 15.5. The predicted molar refractivity (Wildman–Crippen MR) is 189 cm³/mol. The maximum Gasteiger partial charge on any atom is 0.248 e. The van der Waals surface area contributed by atoms with Crippen LogP contribution >= 0.6 is 31.9 Å². The van der Waals surface area contributed by atoms with E-state index in [1.807, 2.05) is 127 Å². The number of aromatic nitrogens is 3. The molecule has 2 aliphatic heterocycles. The van der Waals surface area contributed by atoms with E-state index in [1.165, 1.54) is 0 Å². The molecule has 0 unspecified atom stereocenters. The molecule has 0 fully saturated rings. The summed E-state index contributed by atoms with van der Waals surface area (Å²) in [5, 5.41) is 0. The normalized spacial score (nSPS) is 14.4. The van der Waals surface area contributed by atoms with Gasteiger partial charge in [-0.25, -0.2) is 0 Å². The lowest BCUT2D eigenvalue weighted by Crippen LogP contribution is -2.23. The van der Waals surface area contributed by atoms with Crippen molar-refractivity contribution in [3.63, 3.8) is 0 Å². The molecule has 10 nitrogen and oxygen atoms in total. The summed E-state index contributed by atoms with van der Waals surface area (Å²) in [6.07, 6.45) is 7.26. The molecule has 0 bridgehead atoms. The Morgan fingerprint density at radius 3 is 1.49 bits per heavy atom. The summed E-state index contributed by atoms with van der Waals surface area (Å²) in [7, 11) is 0. The van der Waals surface area contributed by atoms with Crippen LogP contribution in [0, 0.1) is 0 Å².